The molecule has 1 rings (SSSR count). The highest BCUT2D eigenvalue weighted by Gasteiger charge is 2.17. The van der Waals surface area contributed by atoms with E-state index in [0.29, 0.717) is 6.54 Å². The molecule has 43 valence electrons. The second kappa shape index (κ2) is 1.92. The predicted octanol–water partition coefficient (Wildman–Crippen LogP) is -0.448. The van der Waals surface area contributed by atoms with Gasteiger partial charge in [0.15, 0.2) is 0 Å². The zero-order valence-electron chi connectivity index (χ0n) is 4.13. The molecular formula is C4H5N2O2. The van der Waals surface area contributed by atoms with E-state index in [-0.39, 0.29) is 0 Å². The predicted molar refractivity (Wildman–Crippen MR) is 26.6 cm³/mol. The molecule has 1 heterocycles. The quantitative estimate of drug-likeness (QED) is 0.370. The van der Waals surface area contributed by atoms with Crippen LogP contribution in [0.15, 0.2) is 6.08 Å². The summed E-state index contributed by atoms with van der Waals surface area (Å²) >= 11 is 0. The number of rotatable bonds is 1. The van der Waals surface area contributed by atoms with Crippen LogP contribution in [0.2, 0.25) is 0 Å². The lowest BCUT2D eigenvalue weighted by Gasteiger charge is -1.95. The fourth-order valence-electron chi connectivity index (χ4n) is 0.535. The van der Waals surface area contributed by atoms with Crippen LogP contribution in [-0.4, -0.2) is 17.6 Å². The van der Waals surface area contributed by atoms with Gasteiger partial charge in [0.05, 0.1) is 0 Å². The van der Waals surface area contributed by atoms with Crippen LogP contribution in [0.1, 0.15) is 0 Å². The maximum absolute atomic E-state index is 9.86. The van der Waals surface area contributed by atoms with Gasteiger partial charge >= 0.3 is 0 Å². The maximum atomic E-state index is 9.86. The third-order valence-corrected chi connectivity index (χ3v) is 0.900. The molecule has 4 heteroatoms. The van der Waals surface area contributed by atoms with Crippen LogP contribution in [-0.2, 0) is 0 Å². The lowest BCUT2D eigenvalue weighted by atomic mass is 10.5. The Morgan fingerprint density at radius 3 is 3.00 bits per heavy atom. The molecule has 1 atom stereocenters. The minimum atomic E-state index is -0.769. The lowest BCUT2D eigenvalue weighted by molar-refractivity contribution is -0.516. The van der Waals surface area contributed by atoms with Crippen LogP contribution < -0.4 is 5.32 Å². The van der Waals surface area contributed by atoms with Gasteiger partial charge in [-0.25, -0.2) is 5.32 Å². The molecule has 0 saturated carbocycles. The smallest absolute Gasteiger partial charge is 0.262 e. The fourth-order valence-corrected chi connectivity index (χ4v) is 0.535. The third kappa shape index (κ3) is 0.840. The summed E-state index contributed by atoms with van der Waals surface area (Å²) in [6.45, 7) is 0.561. The Kier molecular flexibility index (Phi) is 1.26. The van der Waals surface area contributed by atoms with Gasteiger partial charge in [-0.3, -0.25) is 10.1 Å². The zero-order chi connectivity index (χ0) is 5.98. The molecule has 0 amide bonds. The molecule has 0 aliphatic carbocycles. The Hall–Kier alpha value is -0.900. The van der Waals surface area contributed by atoms with Crippen LogP contribution in [0.4, 0.5) is 0 Å². The van der Waals surface area contributed by atoms with Gasteiger partial charge in [-0.2, -0.15) is 0 Å². The SMILES string of the molecule is O=[N+]([O-])C1[C]=CCN1. The van der Waals surface area contributed by atoms with Crippen molar-refractivity contribution in [2.24, 2.45) is 0 Å². The van der Waals surface area contributed by atoms with E-state index >= 15 is 0 Å². The molecule has 4 nitrogen and oxygen atoms in total. The van der Waals surface area contributed by atoms with Gasteiger partial charge in [-0.05, 0) is 0 Å². The lowest BCUT2D eigenvalue weighted by Crippen LogP contribution is -2.30. The number of nitrogens with one attached hydrogen (secondary N) is 1. The van der Waals surface area contributed by atoms with E-state index in [0.717, 1.165) is 0 Å². The van der Waals surface area contributed by atoms with E-state index in [1.165, 1.54) is 0 Å². The number of hydrogen-bond donors (Lipinski definition) is 1. The van der Waals surface area contributed by atoms with Crippen molar-refractivity contribution in [1.82, 2.24) is 5.32 Å². The average Bonchev–Trinajstić information content (AvgIpc) is 2.12. The number of nitro groups is 1. The molecule has 8 heavy (non-hydrogen) atoms. The summed E-state index contributed by atoms with van der Waals surface area (Å²) < 4.78 is 0. The van der Waals surface area contributed by atoms with Gasteiger partial charge in [0.1, 0.15) is 0 Å². The molecule has 1 aliphatic rings. The normalized spacial score (nSPS) is 26.2. The Morgan fingerprint density at radius 1 is 2.00 bits per heavy atom. The number of hydrogen-bond acceptors (Lipinski definition) is 3. The third-order valence-electron chi connectivity index (χ3n) is 0.900. The molecule has 1 N–H and O–H groups in total. The largest absolute Gasteiger partial charge is 0.292 e. The molecule has 0 fully saturated rings. The zero-order valence-corrected chi connectivity index (χ0v) is 4.13. The van der Waals surface area contributed by atoms with Crippen LogP contribution in [0.5, 0.6) is 0 Å². The second-order valence-electron chi connectivity index (χ2n) is 1.47. The van der Waals surface area contributed by atoms with Crippen molar-refractivity contribution in [1.29, 1.82) is 0 Å². The highest BCUT2D eigenvalue weighted by Crippen LogP contribution is 1.91. The van der Waals surface area contributed by atoms with Gasteiger partial charge in [0, 0.05) is 17.5 Å². The van der Waals surface area contributed by atoms with Crippen molar-refractivity contribution in [2.45, 2.75) is 6.17 Å². The van der Waals surface area contributed by atoms with E-state index in [2.05, 4.69) is 11.4 Å². The first-order valence-corrected chi connectivity index (χ1v) is 2.25. The molecule has 0 spiro atoms. The Labute approximate surface area is 46.3 Å². The molecular weight excluding hydrogens is 108 g/mol. The van der Waals surface area contributed by atoms with Crippen molar-refractivity contribution in [3.63, 3.8) is 0 Å². The highest BCUT2D eigenvalue weighted by molar-refractivity contribution is 4.89. The molecule has 1 aliphatic heterocycles. The van der Waals surface area contributed by atoms with E-state index in [1.807, 2.05) is 0 Å². The molecule has 0 aromatic heterocycles. The minimum Gasteiger partial charge on any atom is -0.262 e. The fraction of sp³-hybridized carbons (Fsp3) is 0.500. The van der Waals surface area contributed by atoms with Gasteiger partial charge in [0.2, 0.25) is 0 Å². The standard InChI is InChI=1S/C4H5N2O2/c7-6(8)4-2-1-3-5-4/h1,4-5H,3H2. The topological polar surface area (TPSA) is 55.2 Å². The monoisotopic (exact) mass is 113 g/mol. The molecule has 1 unspecified atom stereocenters. The van der Waals surface area contributed by atoms with Gasteiger partial charge in [-0.1, -0.05) is 6.08 Å². The van der Waals surface area contributed by atoms with Gasteiger partial charge in [0.25, 0.3) is 6.17 Å². The van der Waals surface area contributed by atoms with E-state index < -0.39 is 11.1 Å². The molecule has 1 radical (unpaired) electrons. The van der Waals surface area contributed by atoms with Crippen LogP contribution >= 0.6 is 0 Å². The Morgan fingerprint density at radius 2 is 2.75 bits per heavy atom. The first-order chi connectivity index (χ1) is 3.80. The maximum Gasteiger partial charge on any atom is 0.292 e. The summed E-state index contributed by atoms with van der Waals surface area (Å²) in [5, 5.41) is 12.5. The molecule has 0 bridgehead atoms. The summed E-state index contributed by atoms with van der Waals surface area (Å²) in [5.74, 6) is 0. The van der Waals surface area contributed by atoms with E-state index in [1.54, 1.807) is 6.08 Å². The highest BCUT2D eigenvalue weighted by atomic mass is 16.6. The minimum absolute atomic E-state index is 0.413. The second-order valence-corrected chi connectivity index (χ2v) is 1.47. The Bertz CT molecular complexity index is 132. The first kappa shape index (κ1) is 5.24. The van der Waals surface area contributed by atoms with Crippen molar-refractivity contribution >= 4 is 0 Å². The van der Waals surface area contributed by atoms with Crippen LogP contribution in [0.3, 0.4) is 0 Å². The van der Waals surface area contributed by atoms with Gasteiger partial charge in [-0.15, -0.1) is 0 Å². The van der Waals surface area contributed by atoms with E-state index in [9.17, 15) is 10.1 Å². The summed E-state index contributed by atoms with van der Waals surface area (Å²) in [6.07, 6.45) is 3.37. The van der Waals surface area contributed by atoms with Gasteiger partial charge < -0.3 is 0 Å². The first-order valence-electron chi connectivity index (χ1n) is 2.25. The van der Waals surface area contributed by atoms with Crippen LogP contribution in [0, 0.1) is 16.2 Å². The van der Waals surface area contributed by atoms with Crippen molar-refractivity contribution in [3.8, 4) is 0 Å². The van der Waals surface area contributed by atoms with Crippen molar-refractivity contribution < 1.29 is 4.92 Å². The van der Waals surface area contributed by atoms with Crippen molar-refractivity contribution in [3.05, 3.63) is 22.3 Å². The van der Waals surface area contributed by atoms with Crippen molar-refractivity contribution in [2.75, 3.05) is 6.54 Å². The molecule has 0 saturated heterocycles. The average molecular weight is 113 g/mol. The summed E-state index contributed by atoms with van der Waals surface area (Å²) in [6, 6.07) is 0. The molecule has 0 aromatic rings. The summed E-state index contributed by atoms with van der Waals surface area (Å²) in [7, 11) is 0. The molecule has 0 aromatic carbocycles. The summed E-state index contributed by atoms with van der Waals surface area (Å²) in [4.78, 5) is 9.45. The number of nitrogens with zero attached hydrogens (tertiary/aromatic N) is 1. The summed E-state index contributed by atoms with van der Waals surface area (Å²) in [5.41, 5.74) is 0. The van der Waals surface area contributed by atoms with E-state index in [4.69, 9.17) is 0 Å². The Balaban J connectivity index is 2.48. The van der Waals surface area contributed by atoms with Crippen LogP contribution in [0.25, 0.3) is 0 Å².